The van der Waals surface area contributed by atoms with Crippen molar-refractivity contribution in [3.63, 3.8) is 0 Å². The highest BCUT2D eigenvalue weighted by atomic mass is 32.2. The van der Waals surface area contributed by atoms with Gasteiger partial charge in [-0.05, 0) is 38.9 Å². The molecule has 0 saturated carbocycles. The topological polar surface area (TPSA) is 106 Å². The smallest absolute Gasteiger partial charge is 0.310 e. The van der Waals surface area contributed by atoms with E-state index in [0.29, 0.717) is 26.0 Å². The molecule has 1 N–H and O–H groups in total. The van der Waals surface area contributed by atoms with E-state index in [0.717, 1.165) is 0 Å². The number of hydrogen-bond donors (Lipinski definition) is 1. The number of amides is 1. The van der Waals surface area contributed by atoms with E-state index in [-0.39, 0.29) is 29.3 Å². The van der Waals surface area contributed by atoms with Gasteiger partial charge in [0.1, 0.15) is 0 Å². The van der Waals surface area contributed by atoms with E-state index < -0.39 is 15.9 Å². The van der Waals surface area contributed by atoms with Crippen molar-refractivity contribution in [3.8, 4) is 0 Å². The molecule has 8 nitrogen and oxygen atoms in total. The third-order valence-electron chi connectivity index (χ3n) is 3.65. The quantitative estimate of drug-likeness (QED) is 0.784. The van der Waals surface area contributed by atoms with Crippen LogP contribution in [0, 0.1) is 5.92 Å². The van der Waals surface area contributed by atoms with Crippen LogP contribution in [-0.4, -0.2) is 51.9 Å². The average Bonchev–Trinajstić information content (AvgIpc) is 3.05. The van der Waals surface area contributed by atoms with Crippen molar-refractivity contribution in [2.75, 3.05) is 26.7 Å². The predicted molar refractivity (Wildman–Crippen MR) is 80.2 cm³/mol. The number of nitrogens with one attached hydrogen (secondary N) is 1. The number of carbonyl (C=O) groups excluding carboxylic acids is 2. The van der Waals surface area contributed by atoms with E-state index >= 15 is 0 Å². The molecule has 1 atom stereocenters. The van der Waals surface area contributed by atoms with Crippen molar-refractivity contribution >= 4 is 21.9 Å². The van der Waals surface area contributed by atoms with E-state index in [4.69, 9.17) is 9.15 Å². The van der Waals surface area contributed by atoms with Crippen LogP contribution in [0.5, 0.6) is 0 Å². The van der Waals surface area contributed by atoms with Crippen LogP contribution in [0.25, 0.3) is 0 Å². The fraction of sp³-hybridized carbons (Fsp3) is 0.571. The van der Waals surface area contributed by atoms with Gasteiger partial charge in [-0.2, -0.15) is 0 Å². The molecule has 9 heteroatoms. The molecule has 1 unspecified atom stereocenters. The maximum Gasteiger partial charge on any atom is 0.310 e. The monoisotopic (exact) mass is 344 g/mol. The summed E-state index contributed by atoms with van der Waals surface area (Å²) in [4.78, 5) is 25.7. The Kier molecular flexibility index (Phi) is 5.42. The SMILES string of the molecule is CCOC(=O)C1CCCN(C(=O)c2ccc(S(=O)(=O)NC)o2)C1. The lowest BCUT2D eigenvalue weighted by Crippen LogP contribution is -2.42. The summed E-state index contributed by atoms with van der Waals surface area (Å²) in [6.07, 6.45) is 1.34. The maximum absolute atomic E-state index is 12.4. The second-order valence-corrected chi connectivity index (χ2v) is 6.99. The number of furan rings is 1. The molecule has 1 aromatic heterocycles. The summed E-state index contributed by atoms with van der Waals surface area (Å²) in [5.74, 6) is -1.18. The number of hydrogen-bond acceptors (Lipinski definition) is 6. The first-order chi connectivity index (χ1) is 10.9. The lowest BCUT2D eigenvalue weighted by Gasteiger charge is -2.30. The minimum atomic E-state index is -3.73. The minimum absolute atomic E-state index is 0.0664. The summed E-state index contributed by atoms with van der Waals surface area (Å²) >= 11 is 0. The molecule has 0 aliphatic carbocycles. The largest absolute Gasteiger partial charge is 0.466 e. The summed E-state index contributed by atoms with van der Waals surface area (Å²) in [6.45, 7) is 2.76. The number of carbonyl (C=O) groups is 2. The van der Waals surface area contributed by atoms with Gasteiger partial charge >= 0.3 is 5.97 Å². The van der Waals surface area contributed by atoms with Crippen molar-refractivity contribution in [2.45, 2.75) is 24.9 Å². The maximum atomic E-state index is 12.4. The standard InChI is InChI=1S/C14H20N2O6S/c1-3-21-14(18)10-5-4-8-16(9-10)13(17)11-6-7-12(22-11)23(19,20)15-2/h6-7,10,15H,3-5,8-9H2,1-2H3. The molecule has 1 aliphatic heterocycles. The number of esters is 1. The first kappa shape index (κ1) is 17.5. The van der Waals surface area contributed by atoms with Gasteiger partial charge in [0.25, 0.3) is 15.9 Å². The van der Waals surface area contributed by atoms with Crippen molar-refractivity contribution < 1.29 is 27.2 Å². The number of likely N-dealkylation sites (tertiary alicyclic amines) is 1. The third kappa shape index (κ3) is 3.91. The van der Waals surface area contributed by atoms with Gasteiger partial charge in [0.2, 0.25) is 5.09 Å². The Morgan fingerprint density at radius 3 is 2.83 bits per heavy atom. The van der Waals surface area contributed by atoms with Gasteiger partial charge in [-0.25, -0.2) is 13.1 Å². The van der Waals surface area contributed by atoms with Crippen LogP contribution < -0.4 is 4.72 Å². The summed E-state index contributed by atoms with van der Waals surface area (Å²) in [5.41, 5.74) is 0. The number of nitrogens with zero attached hydrogens (tertiary/aromatic N) is 1. The molecule has 0 spiro atoms. The van der Waals surface area contributed by atoms with E-state index in [1.807, 2.05) is 0 Å². The van der Waals surface area contributed by atoms with Crippen LogP contribution in [0.3, 0.4) is 0 Å². The Morgan fingerprint density at radius 2 is 2.17 bits per heavy atom. The van der Waals surface area contributed by atoms with Crippen molar-refractivity contribution in [3.05, 3.63) is 17.9 Å². The van der Waals surface area contributed by atoms with Gasteiger partial charge in [0.05, 0.1) is 12.5 Å². The fourth-order valence-electron chi connectivity index (χ4n) is 2.45. The van der Waals surface area contributed by atoms with Gasteiger partial charge in [-0.15, -0.1) is 0 Å². The molecule has 1 aromatic rings. The highest BCUT2D eigenvalue weighted by molar-refractivity contribution is 7.89. The molecule has 1 saturated heterocycles. The minimum Gasteiger partial charge on any atom is -0.466 e. The van der Waals surface area contributed by atoms with E-state index in [1.54, 1.807) is 6.92 Å². The van der Waals surface area contributed by atoms with Gasteiger partial charge in [0, 0.05) is 13.1 Å². The normalized spacial score (nSPS) is 18.7. The van der Waals surface area contributed by atoms with Crippen LogP contribution >= 0.6 is 0 Å². The van der Waals surface area contributed by atoms with Crippen molar-refractivity contribution in [2.24, 2.45) is 5.92 Å². The highest BCUT2D eigenvalue weighted by Gasteiger charge is 2.31. The van der Waals surface area contributed by atoms with Crippen LogP contribution in [0.2, 0.25) is 0 Å². The molecule has 2 rings (SSSR count). The molecule has 128 valence electrons. The zero-order chi connectivity index (χ0) is 17.0. The second kappa shape index (κ2) is 7.14. The molecular formula is C14H20N2O6S. The fourth-order valence-corrected chi connectivity index (χ4v) is 3.10. The van der Waals surface area contributed by atoms with Gasteiger partial charge in [0.15, 0.2) is 5.76 Å². The Bertz CT molecular complexity index is 681. The lowest BCUT2D eigenvalue weighted by molar-refractivity contribution is -0.149. The molecule has 0 bridgehead atoms. The van der Waals surface area contributed by atoms with Crippen LogP contribution in [0.15, 0.2) is 21.6 Å². The second-order valence-electron chi connectivity index (χ2n) is 5.17. The number of piperidine rings is 1. The Labute approximate surface area is 134 Å². The molecule has 2 heterocycles. The van der Waals surface area contributed by atoms with Crippen LogP contribution in [0.4, 0.5) is 0 Å². The van der Waals surface area contributed by atoms with Crippen LogP contribution in [-0.2, 0) is 19.6 Å². The van der Waals surface area contributed by atoms with Crippen molar-refractivity contribution in [1.82, 2.24) is 9.62 Å². The average molecular weight is 344 g/mol. The summed E-state index contributed by atoms with van der Waals surface area (Å²) in [5, 5.41) is -0.317. The molecule has 1 amide bonds. The molecule has 1 aliphatic rings. The number of rotatable bonds is 5. The lowest BCUT2D eigenvalue weighted by atomic mass is 9.98. The number of ether oxygens (including phenoxy) is 1. The van der Waals surface area contributed by atoms with E-state index in [1.165, 1.54) is 24.1 Å². The predicted octanol–water partition coefficient (Wildman–Crippen LogP) is 0.603. The first-order valence-corrected chi connectivity index (χ1v) is 8.86. The van der Waals surface area contributed by atoms with Gasteiger partial charge < -0.3 is 14.1 Å². The highest BCUT2D eigenvalue weighted by Crippen LogP contribution is 2.21. The summed E-state index contributed by atoms with van der Waals surface area (Å²) in [6, 6.07) is 2.55. The van der Waals surface area contributed by atoms with Gasteiger partial charge in [-0.1, -0.05) is 0 Å². The zero-order valence-corrected chi connectivity index (χ0v) is 13.9. The van der Waals surface area contributed by atoms with Crippen LogP contribution in [0.1, 0.15) is 30.3 Å². The molecule has 23 heavy (non-hydrogen) atoms. The zero-order valence-electron chi connectivity index (χ0n) is 13.1. The Hall–Kier alpha value is -1.87. The van der Waals surface area contributed by atoms with E-state index in [2.05, 4.69) is 4.72 Å². The molecular weight excluding hydrogens is 324 g/mol. The Balaban J connectivity index is 2.10. The third-order valence-corrected chi connectivity index (χ3v) is 4.94. The summed E-state index contributed by atoms with van der Waals surface area (Å²) < 4.78 is 35.5. The molecule has 0 radical (unpaired) electrons. The van der Waals surface area contributed by atoms with Gasteiger partial charge in [-0.3, -0.25) is 9.59 Å². The molecule has 1 fully saturated rings. The molecule has 0 aromatic carbocycles. The van der Waals surface area contributed by atoms with Crippen molar-refractivity contribution in [1.29, 1.82) is 0 Å². The number of sulfonamides is 1. The Morgan fingerprint density at radius 1 is 1.43 bits per heavy atom. The van der Waals surface area contributed by atoms with E-state index in [9.17, 15) is 18.0 Å². The first-order valence-electron chi connectivity index (χ1n) is 7.38. The summed E-state index contributed by atoms with van der Waals surface area (Å²) in [7, 11) is -2.48.